The van der Waals surface area contributed by atoms with Crippen LogP contribution in [0.1, 0.15) is 28.8 Å². The molecule has 0 spiro atoms. The second kappa shape index (κ2) is 6.84. The van der Waals surface area contributed by atoms with Gasteiger partial charge in [-0.15, -0.1) is 0 Å². The maximum absolute atomic E-state index is 13.0. The van der Waals surface area contributed by atoms with Crippen molar-refractivity contribution in [2.45, 2.75) is 19.4 Å². The number of rotatable bonds is 4. The van der Waals surface area contributed by atoms with Crippen LogP contribution in [-0.4, -0.2) is 42.5 Å². The van der Waals surface area contributed by atoms with Crippen molar-refractivity contribution in [1.82, 2.24) is 9.88 Å². The summed E-state index contributed by atoms with van der Waals surface area (Å²) < 4.78 is 5.66. The Morgan fingerprint density at radius 3 is 2.80 bits per heavy atom. The molecule has 2 aromatic rings. The molecule has 1 aliphatic carbocycles. The zero-order chi connectivity index (χ0) is 17.2. The SMILES string of the molecule is CN1CCN(C(=O)c2ccc(OCC3CC3)nc2)c2ccccc2C1. The van der Waals surface area contributed by atoms with Crippen LogP contribution in [0.4, 0.5) is 5.69 Å². The lowest BCUT2D eigenvalue weighted by Crippen LogP contribution is -2.35. The molecule has 25 heavy (non-hydrogen) atoms. The molecule has 1 amide bonds. The molecule has 0 saturated heterocycles. The second-order valence-electron chi connectivity index (χ2n) is 6.96. The molecule has 130 valence electrons. The number of fused-ring (bicyclic) bond motifs is 1. The molecule has 5 heteroatoms. The number of carbonyl (C=O) groups excluding carboxylic acids is 1. The number of pyridine rings is 1. The highest BCUT2D eigenvalue weighted by Gasteiger charge is 2.24. The number of ether oxygens (including phenoxy) is 1. The number of carbonyl (C=O) groups is 1. The monoisotopic (exact) mass is 337 g/mol. The van der Waals surface area contributed by atoms with Crippen LogP contribution in [-0.2, 0) is 6.54 Å². The summed E-state index contributed by atoms with van der Waals surface area (Å²) in [6.07, 6.45) is 4.13. The first kappa shape index (κ1) is 16.1. The van der Waals surface area contributed by atoms with Crippen molar-refractivity contribution in [2.75, 3.05) is 31.6 Å². The summed E-state index contributed by atoms with van der Waals surface area (Å²) in [5, 5.41) is 0. The summed E-state index contributed by atoms with van der Waals surface area (Å²) in [6.45, 7) is 3.10. The lowest BCUT2D eigenvalue weighted by Gasteiger charge is -2.22. The Bertz CT molecular complexity index is 756. The van der Waals surface area contributed by atoms with Crippen LogP contribution in [0, 0.1) is 5.92 Å². The molecule has 5 nitrogen and oxygen atoms in total. The third kappa shape index (κ3) is 3.66. The van der Waals surface area contributed by atoms with Crippen molar-refractivity contribution in [3.63, 3.8) is 0 Å². The smallest absolute Gasteiger partial charge is 0.259 e. The topological polar surface area (TPSA) is 45.7 Å². The number of hydrogen-bond donors (Lipinski definition) is 0. The predicted molar refractivity (Wildman–Crippen MR) is 96.9 cm³/mol. The number of aromatic nitrogens is 1. The maximum Gasteiger partial charge on any atom is 0.259 e. The van der Waals surface area contributed by atoms with Gasteiger partial charge in [-0.3, -0.25) is 4.79 Å². The molecule has 0 radical (unpaired) electrons. The number of para-hydroxylation sites is 1. The van der Waals surface area contributed by atoms with Gasteiger partial charge in [0.2, 0.25) is 5.88 Å². The van der Waals surface area contributed by atoms with Crippen LogP contribution in [0.3, 0.4) is 0 Å². The van der Waals surface area contributed by atoms with Crippen molar-refractivity contribution >= 4 is 11.6 Å². The average molecular weight is 337 g/mol. The Morgan fingerprint density at radius 2 is 2.04 bits per heavy atom. The van der Waals surface area contributed by atoms with E-state index in [1.54, 1.807) is 12.3 Å². The van der Waals surface area contributed by atoms with Crippen molar-refractivity contribution in [2.24, 2.45) is 5.92 Å². The molecule has 1 aromatic heterocycles. The van der Waals surface area contributed by atoms with E-state index in [2.05, 4.69) is 23.0 Å². The third-order valence-electron chi connectivity index (χ3n) is 4.82. The number of nitrogens with zero attached hydrogens (tertiary/aromatic N) is 3. The van der Waals surface area contributed by atoms with Gasteiger partial charge in [-0.05, 0) is 43.5 Å². The maximum atomic E-state index is 13.0. The lowest BCUT2D eigenvalue weighted by molar-refractivity contribution is 0.0985. The van der Waals surface area contributed by atoms with Crippen LogP contribution in [0.5, 0.6) is 5.88 Å². The van der Waals surface area contributed by atoms with Gasteiger partial charge in [0.05, 0.1) is 12.2 Å². The molecule has 0 bridgehead atoms. The quantitative estimate of drug-likeness (QED) is 0.860. The first-order valence-electron chi connectivity index (χ1n) is 8.88. The van der Waals surface area contributed by atoms with Crippen molar-refractivity contribution in [1.29, 1.82) is 0 Å². The zero-order valence-electron chi connectivity index (χ0n) is 14.5. The summed E-state index contributed by atoms with van der Waals surface area (Å²) in [4.78, 5) is 21.4. The molecule has 0 N–H and O–H groups in total. The molecule has 1 aromatic carbocycles. The van der Waals surface area contributed by atoms with Crippen LogP contribution in [0.15, 0.2) is 42.6 Å². The van der Waals surface area contributed by atoms with Crippen molar-refractivity contribution < 1.29 is 9.53 Å². The highest BCUT2D eigenvalue weighted by molar-refractivity contribution is 6.06. The minimum absolute atomic E-state index is 0.0102. The van der Waals surface area contributed by atoms with E-state index < -0.39 is 0 Å². The molecule has 2 heterocycles. The Hall–Kier alpha value is -2.40. The van der Waals surface area contributed by atoms with Crippen LogP contribution in [0.25, 0.3) is 0 Å². The molecule has 0 atom stereocenters. The molecule has 2 aliphatic rings. The summed E-state index contributed by atoms with van der Waals surface area (Å²) >= 11 is 0. The minimum atomic E-state index is -0.0102. The third-order valence-corrected chi connectivity index (χ3v) is 4.82. The van der Waals surface area contributed by atoms with E-state index >= 15 is 0 Å². The van der Waals surface area contributed by atoms with E-state index in [9.17, 15) is 4.79 Å². The highest BCUT2D eigenvalue weighted by atomic mass is 16.5. The number of amides is 1. The first-order chi connectivity index (χ1) is 12.2. The highest BCUT2D eigenvalue weighted by Crippen LogP contribution is 2.29. The Balaban J connectivity index is 1.53. The molecular formula is C20H23N3O2. The average Bonchev–Trinajstić information content (AvgIpc) is 3.46. The van der Waals surface area contributed by atoms with Gasteiger partial charge in [0.15, 0.2) is 0 Å². The summed E-state index contributed by atoms with van der Waals surface area (Å²) in [5.41, 5.74) is 2.76. The van der Waals surface area contributed by atoms with Gasteiger partial charge >= 0.3 is 0 Å². The second-order valence-corrected chi connectivity index (χ2v) is 6.96. The number of anilines is 1. The number of hydrogen-bond acceptors (Lipinski definition) is 4. The minimum Gasteiger partial charge on any atom is -0.477 e. The van der Waals surface area contributed by atoms with E-state index in [0.717, 1.165) is 25.4 Å². The lowest BCUT2D eigenvalue weighted by atomic mass is 10.1. The Labute approximate surface area is 148 Å². The predicted octanol–water partition coefficient (Wildman–Crippen LogP) is 2.96. The van der Waals surface area contributed by atoms with Gasteiger partial charge < -0.3 is 14.5 Å². The van der Waals surface area contributed by atoms with Crippen LogP contribution in [0.2, 0.25) is 0 Å². The molecular weight excluding hydrogens is 314 g/mol. The fourth-order valence-corrected chi connectivity index (χ4v) is 3.12. The molecule has 4 rings (SSSR count). The molecule has 1 fully saturated rings. The van der Waals surface area contributed by atoms with E-state index in [0.29, 0.717) is 23.9 Å². The Kier molecular flexibility index (Phi) is 4.40. The van der Waals surface area contributed by atoms with E-state index in [1.807, 2.05) is 29.2 Å². The van der Waals surface area contributed by atoms with Gasteiger partial charge in [-0.1, -0.05) is 18.2 Å². The van der Waals surface area contributed by atoms with Gasteiger partial charge in [0, 0.05) is 37.6 Å². The summed E-state index contributed by atoms with van der Waals surface area (Å²) in [7, 11) is 2.08. The van der Waals surface area contributed by atoms with E-state index in [-0.39, 0.29) is 5.91 Å². The van der Waals surface area contributed by atoms with E-state index in [1.165, 1.54) is 18.4 Å². The zero-order valence-corrected chi connectivity index (χ0v) is 14.5. The molecule has 1 saturated carbocycles. The summed E-state index contributed by atoms with van der Waals surface area (Å²) in [6, 6.07) is 11.7. The molecule has 1 aliphatic heterocycles. The largest absolute Gasteiger partial charge is 0.477 e. The standard InChI is InChI=1S/C20H23N3O2/c1-22-10-11-23(18-5-3-2-4-17(18)13-22)20(24)16-8-9-19(21-12-16)25-14-15-6-7-15/h2-5,8-9,12,15H,6-7,10-11,13-14H2,1H3. The fraction of sp³-hybridized carbons (Fsp3) is 0.400. The first-order valence-corrected chi connectivity index (χ1v) is 8.88. The Morgan fingerprint density at radius 1 is 1.20 bits per heavy atom. The number of benzene rings is 1. The van der Waals surface area contributed by atoms with E-state index in [4.69, 9.17) is 4.74 Å². The van der Waals surface area contributed by atoms with Crippen LogP contribution < -0.4 is 9.64 Å². The van der Waals surface area contributed by atoms with Crippen molar-refractivity contribution in [3.05, 3.63) is 53.7 Å². The molecule has 0 unspecified atom stereocenters. The van der Waals surface area contributed by atoms with Gasteiger partial charge in [0.1, 0.15) is 0 Å². The van der Waals surface area contributed by atoms with Gasteiger partial charge in [0.25, 0.3) is 5.91 Å². The van der Waals surface area contributed by atoms with Gasteiger partial charge in [-0.2, -0.15) is 0 Å². The summed E-state index contributed by atoms with van der Waals surface area (Å²) in [5.74, 6) is 1.28. The normalized spacial score (nSPS) is 17.7. The fourth-order valence-electron chi connectivity index (χ4n) is 3.12. The van der Waals surface area contributed by atoms with Crippen LogP contribution >= 0.6 is 0 Å². The van der Waals surface area contributed by atoms with Crippen molar-refractivity contribution in [3.8, 4) is 5.88 Å². The van der Waals surface area contributed by atoms with Gasteiger partial charge in [-0.25, -0.2) is 4.98 Å². The number of likely N-dealkylation sites (N-methyl/N-ethyl adjacent to an activating group) is 1.